The minimum absolute atomic E-state index is 0.676. The minimum Gasteiger partial charge on any atom is -0.334 e. The zero-order valence-corrected chi connectivity index (χ0v) is 4.88. The molecule has 0 aromatic rings. The van der Waals surface area contributed by atoms with E-state index in [1.54, 1.807) is 4.90 Å². The molecule has 0 atom stereocenters. The van der Waals surface area contributed by atoms with Gasteiger partial charge in [-0.15, -0.1) is 0 Å². The molecule has 0 aliphatic carbocycles. The Labute approximate surface area is 44.0 Å². The Morgan fingerprint density at radius 3 is 1.83 bits per heavy atom. The quantitative estimate of drug-likeness (QED) is 0.327. The van der Waals surface area contributed by atoms with Crippen molar-refractivity contribution in [2.75, 3.05) is 14.1 Å². The van der Waals surface area contributed by atoms with Crippen LogP contribution in [-0.4, -0.2) is 24.0 Å². The average molecular weight is 102 g/mol. The zero-order chi connectivity index (χ0) is 5.15. The summed E-state index contributed by atoms with van der Waals surface area (Å²) in [6, 6.07) is 0. The van der Waals surface area contributed by atoms with Crippen molar-refractivity contribution in [1.29, 1.82) is 0 Å². The van der Waals surface area contributed by atoms with Crippen LogP contribution < -0.4 is 0 Å². The Kier molecular flexibility index (Phi) is 1.95. The fourth-order valence-corrected chi connectivity index (χ4v) is 0. The molecule has 0 N–H and O–H groups in total. The highest BCUT2D eigenvalue weighted by Gasteiger charge is 1.92. The Balaban J connectivity index is 3.26. The molecule has 0 rings (SSSR count). The Morgan fingerprint density at radius 2 is 1.83 bits per heavy atom. The molecule has 0 spiro atoms. The molecule has 0 aliphatic rings. The zero-order valence-electron chi connectivity index (χ0n) is 4.06. The summed E-state index contributed by atoms with van der Waals surface area (Å²) < 4.78 is 0. The lowest BCUT2D eigenvalue weighted by atomic mass is 10.7. The van der Waals surface area contributed by atoms with E-state index >= 15 is 0 Å². The summed E-state index contributed by atoms with van der Waals surface area (Å²) in [6.45, 7) is 3.50. The van der Waals surface area contributed by atoms with E-state index < -0.39 is 0 Å². The first-order valence-electron chi connectivity index (χ1n) is 1.68. The molecule has 1 nitrogen and oxygen atoms in total. The molecule has 0 fully saturated rings. The van der Waals surface area contributed by atoms with Crippen LogP contribution in [0.25, 0.3) is 0 Å². The predicted molar refractivity (Wildman–Crippen MR) is 31.6 cm³/mol. The van der Waals surface area contributed by atoms with Crippen LogP contribution in [0, 0.1) is 6.92 Å². The average Bonchev–Trinajstić information content (AvgIpc) is 1.36. The molecule has 0 radical (unpaired) electrons. The third-order valence-corrected chi connectivity index (χ3v) is 0.864. The summed E-state index contributed by atoms with van der Waals surface area (Å²) in [6.07, 6.45) is 0. The van der Waals surface area contributed by atoms with Gasteiger partial charge in [-0.25, -0.2) is 0 Å². The lowest BCUT2D eigenvalue weighted by Crippen LogP contribution is -2.15. The van der Waals surface area contributed by atoms with Crippen LogP contribution in [0.15, 0.2) is 0 Å². The first-order chi connectivity index (χ1) is 2.64. The van der Waals surface area contributed by atoms with E-state index in [2.05, 4.69) is 19.1 Å². The molecule has 2 heteroatoms. The van der Waals surface area contributed by atoms with Crippen LogP contribution in [0.4, 0.5) is 0 Å². The number of rotatable bonds is 0. The second kappa shape index (κ2) is 2.03. The molecule has 0 aliphatic heterocycles. The second-order valence-corrected chi connectivity index (χ2v) is 1.76. The molecule has 0 bridgehead atoms. The van der Waals surface area contributed by atoms with E-state index in [0.717, 1.165) is 0 Å². The van der Waals surface area contributed by atoms with Crippen molar-refractivity contribution in [2.45, 2.75) is 0 Å². The summed E-state index contributed by atoms with van der Waals surface area (Å²) in [5.41, 5.74) is 0. The molecule has 0 aromatic carbocycles. The van der Waals surface area contributed by atoms with E-state index in [9.17, 15) is 0 Å². The Bertz CT molecular complexity index is 58.6. The van der Waals surface area contributed by atoms with Gasteiger partial charge in [0.15, 0.2) is 0 Å². The van der Waals surface area contributed by atoms with Crippen molar-refractivity contribution >= 4 is 17.2 Å². The van der Waals surface area contributed by atoms with Gasteiger partial charge >= 0.3 is 0 Å². The van der Waals surface area contributed by atoms with Crippen molar-refractivity contribution in [3.05, 3.63) is 6.92 Å². The van der Waals surface area contributed by atoms with Gasteiger partial charge in [0.2, 0.25) is 0 Å². The van der Waals surface area contributed by atoms with Crippen molar-refractivity contribution in [2.24, 2.45) is 0 Å². The van der Waals surface area contributed by atoms with Gasteiger partial charge in [0.25, 0.3) is 4.99 Å². The van der Waals surface area contributed by atoms with Crippen molar-refractivity contribution in [1.82, 2.24) is 4.90 Å². The van der Waals surface area contributed by atoms with Gasteiger partial charge in [-0.2, -0.15) is 0 Å². The van der Waals surface area contributed by atoms with E-state index in [-0.39, 0.29) is 0 Å². The highest BCUT2D eigenvalue weighted by molar-refractivity contribution is 7.80. The van der Waals surface area contributed by atoms with Crippen LogP contribution >= 0.6 is 12.2 Å². The topological polar surface area (TPSA) is 3.24 Å². The fourth-order valence-electron chi connectivity index (χ4n) is 0. The number of nitrogens with zero attached hydrogens (tertiary/aromatic N) is 1. The first-order valence-corrected chi connectivity index (χ1v) is 2.08. The summed E-state index contributed by atoms with van der Waals surface area (Å²) in [4.78, 5) is 2.46. The standard InChI is InChI=1S/C4H8NS/c1-4(6)5(2)3/h1H2,2-3H3/q+1. The number of hydrogen-bond donors (Lipinski definition) is 0. The van der Waals surface area contributed by atoms with E-state index in [0.29, 0.717) is 4.99 Å². The first kappa shape index (κ1) is 5.76. The predicted octanol–water partition coefficient (Wildman–Crippen LogP) is 0.709. The number of hydrogen-bond acceptors (Lipinski definition) is 1. The lowest BCUT2D eigenvalue weighted by molar-refractivity contribution is 0.639. The van der Waals surface area contributed by atoms with Gasteiger partial charge in [0, 0.05) is 14.1 Å². The summed E-state index contributed by atoms with van der Waals surface area (Å²) >= 11 is 4.63. The molecule has 6 heavy (non-hydrogen) atoms. The Morgan fingerprint density at radius 1 is 1.67 bits per heavy atom. The third-order valence-electron chi connectivity index (χ3n) is 0.499. The molecule has 0 saturated heterocycles. The molecule has 0 unspecified atom stereocenters. The molecular formula is C4H8NS+. The van der Waals surface area contributed by atoms with E-state index in [1.165, 1.54) is 0 Å². The normalized spacial score (nSPS) is 7.67. The summed E-state index contributed by atoms with van der Waals surface area (Å²) in [5.74, 6) is 0. The van der Waals surface area contributed by atoms with Crippen molar-refractivity contribution in [3.63, 3.8) is 0 Å². The van der Waals surface area contributed by atoms with Gasteiger partial charge in [-0.1, -0.05) is 0 Å². The third kappa shape index (κ3) is 2.03. The highest BCUT2D eigenvalue weighted by Crippen LogP contribution is 1.75. The molecule has 0 saturated carbocycles. The van der Waals surface area contributed by atoms with Gasteiger partial charge in [0.1, 0.15) is 6.92 Å². The van der Waals surface area contributed by atoms with Gasteiger partial charge in [0.05, 0.1) is 0 Å². The maximum absolute atomic E-state index is 4.63. The van der Waals surface area contributed by atoms with E-state index in [1.807, 2.05) is 14.1 Å². The van der Waals surface area contributed by atoms with Crippen LogP contribution in [0.3, 0.4) is 0 Å². The SMILES string of the molecule is [CH2+]C(=S)N(C)C. The number of thiocarbonyl (C=S) groups is 1. The molecule has 0 heterocycles. The van der Waals surface area contributed by atoms with Gasteiger partial charge < -0.3 is 4.90 Å². The largest absolute Gasteiger partial charge is 0.334 e. The van der Waals surface area contributed by atoms with Crippen molar-refractivity contribution in [3.8, 4) is 0 Å². The smallest absolute Gasteiger partial charge is 0.260 e. The van der Waals surface area contributed by atoms with Crippen LogP contribution in [-0.2, 0) is 0 Å². The molecule has 0 aromatic heterocycles. The highest BCUT2D eigenvalue weighted by atomic mass is 32.1. The summed E-state index contributed by atoms with van der Waals surface area (Å²) in [7, 11) is 3.74. The van der Waals surface area contributed by atoms with Crippen LogP contribution in [0.5, 0.6) is 0 Å². The van der Waals surface area contributed by atoms with Gasteiger partial charge in [-0.3, -0.25) is 0 Å². The minimum atomic E-state index is 0.676. The monoisotopic (exact) mass is 102 g/mol. The molecular weight excluding hydrogens is 94.1 g/mol. The van der Waals surface area contributed by atoms with Gasteiger partial charge in [-0.05, 0) is 12.2 Å². The summed E-state index contributed by atoms with van der Waals surface area (Å²) in [5, 5.41) is 0. The maximum Gasteiger partial charge on any atom is 0.260 e. The van der Waals surface area contributed by atoms with Crippen LogP contribution in [0.2, 0.25) is 0 Å². The fraction of sp³-hybridized carbons (Fsp3) is 0.500. The second-order valence-electron chi connectivity index (χ2n) is 1.29. The molecule has 0 amide bonds. The van der Waals surface area contributed by atoms with Crippen LogP contribution in [0.1, 0.15) is 0 Å². The molecule has 34 valence electrons. The van der Waals surface area contributed by atoms with E-state index in [4.69, 9.17) is 0 Å². The lowest BCUT2D eigenvalue weighted by Gasteiger charge is -1.99. The Hall–Kier alpha value is -0.240. The maximum atomic E-state index is 4.63. The van der Waals surface area contributed by atoms with Crippen molar-refractivity contribution < 1.29 is 0 Å².